The Bertz CT molecular complexity index is 941. The van der Waals surface area contributed by atoms with E-state index >= 15 is 0 Å². The summed E-state index contributed by atoms with van der Waals surface area (Å²) < 4.78 is 0. The van der Waals surface area contributed by atoms with Gasteiger partial charge >= 0.3 is 0 Å². The number of aliphatic hydroxyl groups excluding tert-OH is 1. The van der Waals surface area contributed by atoms with E-state index in [1.807, 2.05) is 60.7 Å². The number of nitrogens with two attached hydrogens (primary N) is 3. The molecule has 0 aliphatic carbocycles. The Morgan fingerprint density at radius 1 is 0.914 bits per heavy atom. The number of rotatable bonds is 14. The summed E-state index contributed by atoms with van der Waals surface area (Å²) in [6.07, 6.45) is 0.539. The van der Waals surface area contributed by atoms with Gasteiger partial charge in [0.15, 0.2) is 5.96 Å². The van der Waals surface area contributed by atoms with Crippen LogP contribution in [0, 0.1) is 0 Å². The number of benzene rings is 2. The van der Waals surface area contributed by atoms with Gasteiger partial charge in [0.25, 0.3) is 0 Å². The van der Waals surface area contributed by atoms with E-state index in [0.29, 0.717) is 25.8 Å². The second-order valence-corrected chi connectivity index (χ2v) is 8.64. The molecule has 9 nitrogen and oxygen atoms in total. The number of aliphatic imine (C=N–C) groups is 1. The summed E-state index contributed by atoms with van der Waals surface area (Å²) in [5.74, 6) is -0.969. The molecule has 2 amide bonds. The van der Waals surface area contributed by atoms with Gasteiger partial charge < -0.3 is 32.9 Å². The van der Waals surface area contributed by atoms with Crippen molar-refractivity contribution in [3.63, 3.8) is 0 Å². The monoisotopic (exact) mass is 502 g/mol. The van der Waals surface area contributed by atoms with Gasteiger partial charge in [-0.3, -0.25) is 14.6 Å². The van der Waals surface area contributed by atoms with Crippen molar-refractivity contribution >= 4 is 29.4 Å². The normalized spacial score (nSPS) is 14.3. The summed E-state index contributed by atoms with van der Waals surface area (Å²) >= 11 is 5.85. The Balaban J connectivity index is 2.10. The lowest BCUT2D eigenvalue weighted by Crippen LogP contribution is -2.56. The summed E-state index contributed by atoms with van der Waals surface area (Å²) in [6, 6.07) is 16.4. The lowest BCUT2D eigenvalue weighted by atomic mass is 10.0. The molecule has 0 aliphatic rings. The maximum Gasteiger partial charge on any atom is 0.243 e. The standard InChI is InChI=1S/C25H35ClN6O3/c26-16-22(33)20(12-7-13-30-25(28)29)31-24(35)21(15-18-10-5-2-6-11-18)32-23(34)19(27)14-17-8-3-1-4-9-17/h1-6,8-11,19-22,33H,7,12-16,27H2,(H,31,35)(H,32,34)(H4,28,29,30)/t19-,20+,21+,22-/m1/s1. The Labute approximate surface area is 211 Å². The van der Waals surface area contributed by atoms with Crippen LogP contribution in [0.4, 0.5) is 0 Å². The molecule has 0 saturated heterocycles. The third-order valence-electron chi connectivity index (χ3n) is 5.47. The van der Waals surface area contributed by atoms with Gasteiger partial charge in [-0.05, 0) is 30.4 Å². The number of nitrogens with one attached hydrogen (secondary N) is 2. The topological polar surface area (TPSA) is 169 Å². The van der Waals surface area contributed by atoms with E-state index in [1.165, 1.54) is 0 Å². The van der Waals surface area contributed by atoms with Gasteiger partial charge in [-0.25, -0.2) is 0 Å². The first-order valence-electron chi connectivity index (χ1n) is 11.5. The van der Waals surface area contributed by atoms with Gasteiger partial charge in [-0.15, -0.1) is 11.6 Å². The number of carbonyl (C=O) groups is 2. The van der Waals surface area contributed by atoms with E-state index in [9.17, 15) is 14.7 Å². The van der Waals surface area contributed by atoms with Crippen LogP contribution in [0.5, 0.6) is 0 Å². The van der Waals surface area contributed by atoms with Crippen LogP contribution in [-0.2, 0) is 22.4 Å². The second kappa shape index (κ2) is 15.0. The Hall–Kier alpha value is -3.14. The summed E-state index contributed by atoms with van der Waals surface area (Å²) in [7, 11) is 0. The summed E-state index contributed by atoms with van der Waals surface area (Å²) in [5.41, 5.74) is 18.6. The number of halogens is 1. The highest BCUT2D eigenvalue weighted by Gasteiger charge is 2.28. The van der Waals surface area contributed by atoms with Crippen molar-refractivity contribution in [3.05, 3.63) is 71.8 Å². The summed E-state index contributed by atoms with van der Waals surface area (Å²) in [6.45, 7) is 0.349. The number of alkyl halides is 1. The van der Waals surface area contributed by atoms with E-state index in [2.05, 4.69) is 15.6 Å². The van der Waals surface area contributed by atoms with Crippen molar-refractivity contribution in [2.24, 2.45) is 22.2 Å². The Kier molecular flexibility index (Phi) is 12.0. The van der Waals surface area contributed by atoms with E-state index in [1.54, 1.807) is 0 Å². The molecule has 9 N–H and O–H groups in total. The molecule has 0 aliphatic heterocycles. The van der Waals surface area contributed by atoms with E-state index < -0.39 is 36.0 Å². The zero-order chi connectivity index (χ0) is 25.6. The van der Waals surface area contributed by atoms with Crippen LogP contribution in [-0.4, -0.2) is 59.5 Å². The predicted molar refractivity (Wildman–Crippen MR) is 139 cm³/mol. The first-order valence-corrected chi connectivity index (χ1v) is 12.1. The quantitative estimate of drug-likeness (QED) is 0.0946. The molecular formula is C25H35ClN6O3. The average molecular weight is 503 g/mol. The fraction of sp³-hybridized carbons (Fsp3) is 0.400. The minimum absolute atomic E-state index is 0.0269. The number of nitrogens with zero attached hydrogens (tertiary/aromatic N) is 1. The molecule has 2 aromatic carbocycles. The smallest absolute Gasteiger partial charge is 0.243 e. The summed E-state index contributed by atoms with van der Waals surface area (Å²) in [5, 5.41) is 16.0. The zero-order valence-electron chi connectivity index (χ0n) is 19.6. The highest BCUT2D eigenvalue weighted by atomic mass is 35.5. The number of hydrogen-bond acceptors (Lipinski definition) is 5. The fourth-order valence-corrected chi connectivity index (χ4v) is 3.78. The summed E-state index contributed by atoms with van der Waals surface area (Å²) in [4.78, 5) is 30.0. The van der Waals surface area contributed by atoms with E-state index in [-0.39, 0.29) is 18.3 Å². The van der Waals surface area contributed by atoms with Gasteiger partial charge in [0.05, 0.1) is 24.1 Å². The molecule has 2 rings (SSSR count). The molecule has 0 bridgehead atoms. The molecule has 35 heavy (non-hydrogen) atoms. The second-order valence-electron chi connectivity index (χ2n) is 8.33. The molecule has 4 atom stereocenters. The third-order valence-corrected chi connectivity index (χ3v) is 5.78. The number of hydrogen-bond donors (Lipinski definition) is 6. The molecule has 0 fully saturated rings. The van der Waals surface area contributed by atoms with Crippen molar-refractivity contribution in [1.29, 1.82) is 0 Å². The fourth-order valence-electron chi connectivity index (χ4n) is 3.57. The number of aliphatic hydroxyl groups is 1. The number of guanidine groups is 1. The first-order chi connectivity index (χ1) is 16.8. The molecule has 190 valence electrons. The van der Waals surface area contributed by atoms with Gasteiger partial charge in [0, 0.05) is 13.0 Å². The Morgan fingerprint density at radius 2 is 1.49 bits per heavy atom. The first kappa shape index (κ1) is 28.1. The van der Waals surface area contributed by atoms with Crippen molar-refractivity contribution in [1.82, 2.24) is 10.6 Å². The molecule has 0 heterocycles. The molecule has 2 aromatic rings. The van der Waals surface area contributed by atoms with Crippen LogP contribution in [0.25, 0.3) is 0 Å². The molecular weight excluding hydrogens is 468 g/mol. The number of amides is 2. The predicted octanol–water partition coefficient (Wildman–Crippen LogP) is 0.422. The Morgan fingerprint density at radius 3 is 2.03 bits per heavy atom. The molecule has 0 radical (unpaired) electrons. The lowest BCUT2D eigenvalue weighted by Gasteiger charge is -2.27. The van der Waals surface area contributed by atoms with Crippen LogP contribution < -0.4 is 27.8 Å². The van der Waals surface area contributed by atoms with Gasteiger partial charge in [0.1, 0.15) is 6.04 Å². The van der Waals surface area contributed by atoms with Gasteiger partial charge in [-0.2, -0.15) is 0 Å². The van der Waals surface area contributed by atoms with Crippen LogP contribution in [0.1, 0.15) is 24.0 Å². The van der Waals surface area contributed by atoms with Crippen molar-refractivity contribution in [2.45, 2.75) is 49.9 Å². The largest absolute Gasteiger partial charge is 0.390 e. The molecule has 0 spiro atoms. The van der Waals surface area contributed by atoms with Crippen LogP contribution in [0.3, 0.4) is 0 Å². The average Bonchev–Trinajstić information content (AvgIpc) is 2.85. The van der Waals surface area contributed by atoms with Crippen LogP contribution in [0.15, 0.2) is 65.7 Å². The molecule has 10 heteroatoms. The van der Waals surface area contributed by atoms with Crippen molar-refractivity contribution in [3.8, 4) is 0 Å². The van der Waals surface area contributed by atoms with Gasteiger partial charge in [0.2, 0.25) is 11.8 Å². The van der Waals surface area contributed by atoms with Crippen LogP contribution >= 0.6 is 11.6 Å². The SMILES string of the molecule is NC(N)=NCCC[C@H](NC(=O)[C@H](Cc1ccccc1)NC(=O)[C@H](N)Cc1ccccc1)[C@H](O)CCl. The maximum absolute atomic E-state index is 13.2. The third kappa shape index (κ3) is 10.3. The number of carbonyl (C=O) groups excluding carboxylic acids is 2. The lowest BCUT2D eigenvalue weighted by molar-refractivity contribution is -0.130. The molecule has 0 unspecified atom stereocenters. The molecule has 0 saturated carbocycles. The zero-order valence-corrected chi connectivity index (χ0v) is 20.4. The highest BCUT2D eigenvalue weighted by molar-refractivity contribution is 6.18. The minimum atomic E-state index is -0.978. The minimum Gasteiger partial charge on any atom is -0.390 e. The maximum atomic E-state index is 13.2. The van der Waals surface area contributed by atoms with E-state index in [4.69, 9.17) is 28.8 Å². The van der Waals surface area contributed by atoms with Crippen molar-refractivity contribution in [2.75, 3.05) is 12.4 Å². The van der Waals surface area contributed by atoms with Gasteiger partial charge in [-0.1, -0.05) is 60.7 Å². The van der Waals surface area contributed by atoms with Crippen LogP contribution in [0.2, 0.25) is 0 Å². The molecule has 0 aromatic heterocycles. The highest BCUT2D eigenvalue weighted by Crippen LogP contribution is 2.09. The van der Waals surface area contributed by atoms with Crippen molar-refractivity contribution < 1.29 is 14.7 Å². The van der Waals surface area contributed by atoms with E-state index in [0.717, 1.165) is 11.1 Å².